The lowest BCUT2D eigenvalue weighted by atomic mass is 9.97. The van der Waals surface area contributed by atoms with Crippen LogP contribution in [-0.2, 0) is 4.79 Å². The van der Waals surface area contributed by atoms with Gasteiger partial charge in [0.15, 0.2) is 0 Å². The van der Waals surface area contributed by atoms with Crippen molar-refractivity contribution < 1.29 is 4.79 Å². The maximum Gasteiger partial charge on any atom is 0.149 e. The monoisotopic (exact) mass is 251 g/mol. The van der Waals surface area contributed by atoms with E-state index in [0.717, 1.165) is 32.4 Å². The molecule has 1 aliphatic carbocycles. The van der Waals surface area contributed by atoms with Crippen molar-refractivity contribution in [2.75, 3.05) is 13.1 Å². The van der Waals surface area contributed by atoms with Gasteiger partial charge in [0.1, 0.15) is 5.78 Å². The summed E-state index contributed by atoms with van der Waals surface area (Å²) < 4.78 is 0. The zero-order valence-electron chi connectivity index (χ0n) is 11.8. The van der Waals surface area contributed by atoms with Gasteiger partial charge in [-0.15, -0.1) is 0 Å². The van der Waals surface area contributed by atoms with E-state index in [2.05, 4.69) is 4.90 Å². The molecule has 2 rings (SSSR count). The summed E-state index contributed by atoms with van der Waals surface area (Å²) in [5, 5.41) is 0. The molecule has 0 aromatic heterocycles. The number of hydrogen-bond acceptors (Lipinski definition) is 2. The molecule has 1 unspecified atom stereocenters. The number of rotatable bonds is 1. The first-order valence-electron chi connectivity index (χ1n) is 8.15. The zero-order chi connectivity index (χ0) is 12.6. The number of ketones is 1. The quantitative estimate of drug-likeness (QED) is 0.703. The van der Waals surface area contributed by atoms with Gasteiger partial charge in [0.25, 0.3) is 0 Å². The Balaban J connectivity index is 1.90. The van der Waals surface area contributed by atoms with Crippen LogP contribution < -0.4 is 0 Å². The van der Waals surface area contributed by atoms with Crippen molar-refractivity contribution >= 4 is 5.78 Å². The second kappa shape index (κ2) is 7.93. The summed E-state index contributed by atoms with van der Waals surface area (Å²) in [4.78, 5) is 14.9. The van der Waals surface area contributed by atoms with E-state index in [1.54, 1.807) is 0 Å². The second-order valence-electron chi connectivity index (χ2n) is 6.09. The molecular formula is C16H29NO. The summed E-state index contributed by atoms with van der Waals surface area (Å²) in [6, 6.07) is 0.267. The minimum atomic E-state index is 0.267. The van der Waals surface area contributed by atoms with Crippen LogP contribution in [0.2, 0.25) is 0 Å². The Labute approximate surface area is 112 Å². The molecule has 0 amide bonds. The van der Waals surface area contributed by atoms with Crippen molar-refractivity contribution in [3.05, 3.63) is 0 Å². The van der Waals surface area contributed by atoms with Gasteiger partial charge in [-0.3, -0.25) is 9.69 Å². The fourth-order valence-corrected chi connectivity index (χ4v) is 3.46. The van der Waals surface area contributed by atoms with Gasteiger partial charge in [0.2, 0.25) is 0 Å². The van der Waals surface area contributed by atoms with E-state index in [1.165, 1.54) is 57.8 Å². The smallest absolute Gasteiger partial charge is 0.149 e. The lowest BCUT2D eigenvalue weighted by Gasteiger charge is -2.33. The van der Waals surface area contributed by atoms with Gasteiger partial charge in [-0.1, -0.05) is 44.9 Å². The molecule has 1 saturated carbocycles. The third-order valence-corrected chi connectivity index (χ3v) is 4.60. The van der Waals surface area contributed by atoms with E-state index < -0.39 is 0 Å². The molecule has 2 heteroatoms. The van der Waals surface area contributed by atoms with Crippen LogP contribution >= 0.6 is 0 Å². The van der Waals surface area contributed by atoms with Crippen LogP contribution in [0.25, 0.3) is 0 Å². The lowest BCUT2D eigenvalue weighted by Crippen LogP contribution is -2.44. The Kier molecular flexibility index (Phi) is 6.19. The van der Waals surface area contributed by atoms with Gasteiger partial charge in [-0.05, 0) is 38.8 Å². The minimum Gasteiger partial charge on any atom is -0.298 e. The fraction of sp³-hybridized carbons (Fsp3) is 0.938. The van der Waals surface area contributed by atoms with Gasteiger partial charge < -0.3 is 0 Å². The van der Waals surface area contributed by atoms with Crippen LogP contribution in [0.3, 0.4) is 0 Å². The summed E-state index contributed by atoms with van der Waals surface area (Å²) in [6.45, 7) is 2.33. The van der Waals surface area contributed by atoms with Gasteiger partial charge in [-0.2, -0.15) is 0 Å². The molecule has 1 atom stereocenters. The van der Waals surface area contributed by atoms with E-state index in [0.29, 0.717) is 5.78 Å². The molecule has 104 valence electrons. The van der Waals surface area contributed by atoms with Crippen molar-refractivity contribution in [1.29, 1.82) is 0 Å². The lowest BCUT2D eigenvalue weighted by molar-refractivity contribution is -0.125. The molecule has 1 saturated heterocycles. The normalized spacial score (nSPS) is 29.8. The average Bonchev–Trinajstić information content (AvgIpc) is 2.45. The van der Waals surface area contributed by atoms with Gasteiger partial charge in [-0.25, -0.2) is 0 Å². The van der Waals surface area contributed by atoms with E-state index in [-0.39, 0.29) is 6.04 Å². The van der Waals surface area contributed by atoms with E-state index in [4.69, 9.17) is 0 Å². The standard InChI is InChI=1S/C16H29NO/c18-16-12-8-5-3-1-2-4-7-11-15(16)17-13-9-6-10-14-17/h15H,1-14H2. The Morgan fingerprint density at radius 3 is 2.00 bits per heavy atom. The van der Waals surface area contributed by atoms with Gasteiger partial charge >= 0.3 is 0 Å². The second-order valence-corrected chi connectivity index (χ2v) is 6.09. The summed E-state index contributed by atoms with van der Waals surface area (Å²) in [6.07, 6.45) is 15.0. The summed E-state index contributed by atoms with van der Waals surface area (Å²) in [7, 11) is 0. The summed E-state index contributed by atoms with van der Waals surface area (Å²) in [5.74, 6) is 0.541. The molecule has 1 aliphatic heterocycles. The molecule has 2 fully saturated rings. The highest BCUT2D eigenvalue weighted by Gasteiger charge is 2.26. The summed E-state index contributed by atoms with van der Waals surface area (Å²) >= 11 is 0. The SMILES string of the molecule is O=C1CCCCCCCCCC1N1CCCCC1. The van der Waals surface area contributed by atoms with E-state index >= 15 is 0 Å². The van der Waals surface area contributed by atoms with Gasteiger partial charge in [0, 0.05) is 6.42 Å². The maximum absolute atomic E-state index is 12.4. The molecule has 1 heterocycles. The highest BCUT2D eigenvalue weighted by Crippen LogP contribution is 2.21. The first-order chi connectivity index (χ1) is 8.88. The number of carbonyl (C=O) groups is 1. The van der Waals surface area contributed by atoms with Crippen LogP contribution in [0.5, 0.6) is 0 Å². The van der Waals surface area contributed by atoms with Crippen molar-refractivity contribution in [3.8, 4) is 0 Å². The molecule has 2 aliphatic rings. The Morgan fingerprint density at radius 2 is 1.28 bits per heavy atom. The number of carbonyl (C=O) groups excluding carboxylic acids is 1. The Hall–Kier alpha value is -0.370. The predicted octanol–water partition coefficient (Wildman–Crippen LogP) is 3.93. The number of piperidine rings is 1. The van der Waals surface area contributed by atoms with Crippen LogP contribution in [0.15, 0.2) is 0 Å². The molecule has 0 aromatic rings. The summed E-state index contributed by atoms with van der Waals surface area (Å²) in [5.41, 5.74) is 0. The third-order valence-electron chi connectivity index (χ3n) is 4.60. The number of hydrogen-bond donors (Lipinski definition) is 0. The number of Topliss-reactive ketones (excluding diaryl/α,β-unsaturated/α-hetero) is 1. The third kappa shape index (κ3) is 4.38. The van der Waals surface area contributed by atoms with Crippen LogP contribution in [-0.4, -0.2) is 29.8 Å². The number of nitrogens with zero attached hydrogens (tertiary/aromatic N) is 1. The molecule has 18 heavy (non-hydrogen) atoms. The Bertz CT molecular complexity index is 245. The highest BCUT2D eigenvalue weighted by atomic mass is 16.1. The molecule has 0 radical (unpaired) electrons. The molecule has 0 bridgehead atoms. The van der Waals surface area contributed by atoms with Crippen LogP contribution in [0.1, 0.15) is 77.0 Å². The highest BCUT2D eigenvalue weighted by molar-refractivity contribution is 5.83. The number of likely N-dealkylation sites (tertiary alicyclic amines) is 1. The van der Waals surface area contributed by atoms with Crippen LogP contribution in [0, 0.1) is 0 Å². The van der Waals surface area contributed by atoms with E-state index in [9.17, 15) is 4.79 Å². The zero-order valence-corrected chi connectivity index (χ0v) is 11.8. The van der Waals surface area contributed by atoms with Crippen molar-refractivity contribution in [2.24, 2.45) is 0 Å². The van der Waals surface area contributed by atoms with Crippen molar-refractivity contribution in [1.82, 2.24) is 4.90 Å². The van der Waals surface area contributed by atoms with Crippen molar-refractivity contribution in [2.45, 2.75) is 83.1 Å². The minimum absolute atomic E-state index is 0.267. The first kappa shape index (κ1) is 14.0. The molecular weight excluding hydrogens is 222 g/mol. The largest absolute Gasteiger partial charge is 0.298 e. The molecule has 0 spiro atoms. The maximum atomic E-state index is 12.4. The molecule has 2 nitrogen and oxygen atoms in total. The average molecular weight is 251 g/mol. The topological polar surface area (TPSA) is 20.3 Å². The fourth-order valence-electron chi connectivity index (χ4n) is 3.46. The Morgan fingerprint density at radius 1 is 0.722 bits per heavy atom. The predicted molar refractivity (Wildman–Crippen MR) is 75.8 cm³/mol. The van der Waals surface area contributed by atoms with Crippen molar-refractivity contribution in [3.63, 3.8) is 0 Å². The van der Waals surface area contributed by atoms with E-state index in [1.807, 2.05) is 0 Å². The van der Waals surface area contributed by atoms with Gasteiger partial charge in [0.05, 0.1) is 6.04 Å². The molecule has 0 aromatic carbocycles. The first-order valence-corrected chi connectivity index (χ1v) is 8.15. The molecule has 0 N–H and O–H groups in total. The van der Waals surface area contributed by atoms with Crippen LogP contribution in [0.4, 0.5) is 0 Å².